The molecule has 2 heterocycles. The molecule has 0 amide bonds. The van der Waals surface area contributed by atoms with Gasteiger partial charge in [0.2, 0.25) is 0 Å². The van der Waals surface area contributed by atoms with Gasteiger partial charge >= 0.3 is 0 Å². The van der Waals surface area contributed by atoms with E-state index < -0.39 is 0 Å². The van der Waals surface area contributed by atoms with Crippen LogP contribution in [0.4, 0.5) is 0 Å². The van der Waals surface area contributed by atoms with Crippen LogP contribution in [0.1, 0.15) is 30.2 Å². The quantitative estimate of drug-likeness (QED) is 0.271. The first-order valence-electron chi connectivity index (χ1n) is 12.2. The summed E-state index contributed by atoms with van der Waals surface area (Å²) in [5.74, 6) is 0. The van der Waals surface area contributed by atoms with Gasteiger partial charge in [0, 0.05) is 23.0 Å². The zero-order valence-corrected chi connectivity index (χ0v) is 20.8. The summed E-state index contributed by atoms with van der Waals surface area (Å²) in [4.78, 5) is 9.67. The maximum Gasteiger partial charge on any atom is 0.0708 e. The number of allylic oxidation sites excluding steroid dienone is 2. The molecular formula is C33H32N2. The van der Waals surface area contributed by atoms with E-state index in [1.165, 1.54) is 22.3 Å². The van der Waals surface area contributed by atoms with E-state index >= 15 is 0 Å². The average Bonchev–Trinajstić information content (AvgIpc) is 2.90. The second kappa shape index (κ2) is 11.9. The molecule has 0 radical (unpaired) electrons. The number of aryl methyl sites for hydroxylation is 3. The van der Waals surface area contributed by atoms with Crippen molar-refractivity contribution in [1.82, 2.24) is 9.97 Å². The SMILES string of the molecule is C/C=C\CCc1cnc(-c2ccc(-c3ccc(C)ccccc(C)n3)cc2)cc1-c1ccccc1. The predicted molar refractivity (Wildman–Crippen MR) is 149 cm³/mol. The third-order valence-electron chi connectivity index (χ3n) is 5.97. The highest BCUT2D eigenvalue weighted by molar-refractivity contribution is 5.74. The third-order valence-corrected chi connectivity index (χ3v) is 5.97. The lowest BCUT2D eigenvalue weighted by Gasteiger charge is -2.12. The highest BCUT2D eigenvalue weighted by atomic mass is 14.7. The van der Waals surface area contributed by atoms with Crippen LogP contribution in [0.3, 0.4) is 0 Å². The maximum atomic E-state index is 4.84. The van der Waals surface area contributed by atoms with Crippen molar-refractivity contribution >= 4 is 0 Å². The van der Waals surface area contributed by atoms with Crippen molar-refractivity contribution in [2.75, 3.05) is 0 Å². The Balaban J connectivity index is 1.71. The lowest BCUT2D eigenvalue weighted by molar-refractivity contribution is 0.989. The van der Waals surface area contributed by atoms with Crippen LogP contribution in [-0.4, -0.2) is 9.97 Å². The molecule has 0 N–H and O–H groups in total. The molecule has 0 unspecified atom stereocenters. The number of hydrogen-bond acceptors (Lipinski definition) is 2. The Labute approximate surface area is 209 Å². The van der Waals surface area contributed by atoms with Gasteiger partial charge in [-0.05, 0) is 68.5 Å². The largest absolute Gasteiger partial charge is 0.256 e. The minimum absolute atomic E-state index is 0.950. The van der Waals surface area contributed by atoms with Crippen molar-refractivity contribution in [1.29, 1.82) is 0 Å². The van der Waals surface area contributed by atoms with Gasteiger partial charge in [-0.1, -0.05) is 96.6 Å². The van der Waals surface area contributed by atoms with Gasteiger partial charge in [-0.25, -0.2) is 0 Å². The number of aromatic nitrogens is 2. The van der Waals surface area contributed by atoms with Gasteiger partial charge in [0.25, 0.3) is 0 Å². The molecule has 4 rings (SSSR count). The van der Waals surface area contributed by atoms with Gasteiger partial charge < -0.3 is 0 Å². The molecule has 0 atom stereocenters. The van der Waals surface area contributed by atoms with Crippen molar-refractivity contribution in [2.45, 2.75) is 33.6 Å². The van der Waals surface area contributed by atoms with E-state index in [1.54, 1.807) is 0 Å². The van der Waals surface area contributed by atoms with Gasteiger partial charge in [-0.3, -0.25) is 9.97 Å². The summed E-state index contributed by atoms with van der Waals surface area (Å²) >= 11 is 0. The van der Waals surface area contributed by atoms with Gasteiger partial charge in [0.05, 0.1) is 11.4 Å². The number of pyridine rings is 1. The van der Waals surface area contributed by atoms with Crippen LogP contribution in [-0.2, 0) is 6.42 Å². The van der Waals surface area contributed by atoms with E-state index in [0.29, 0.717) is 0 Å². The molecule has 2 aromatic heterocycles. The Bertz CT molecular complexity index is 1350. The van der Waals surface area contributed by atoms with Crippen molar-refractivity contribution in [3.63, 3.8) is 0 Å². The summed E-state index contributed by atoms with van der Waals surface area (Å²) in [5.41, 5.74) is 10.0. The van der Waals surface area contributed by atoms with Gasteiger partial charge in [0.1, 0.15) is 0 Å². The van der Waals surface area contributed by atoms with E-state index in [-0.39, 0.29) is 0 Å². The molecular weight excluding hydrogens is 424 g/mol. The minimum atomic E-state index is 0.950. The Kier molecular flexibility index (Phi) is 8.19. The zero-order chi connectivity index (χ0) is 24.5. The summed E-state index contributed by atoms with van der Waals surface area (Å²) < 4.78 is 0. The Morgan fingerprint density at radius 2 is 1.37 bits per heavy atom. The van der Waals surface area contributed by atoms with Crippen molar-refractivity contribution in [3.8, 4) is 33.6 Å². The molecule has 0 aliphatic heterocycles. The molecule has 0 bridgehead atoms. The molecule has 0 aliphatic rings. The Morgan fingerprint density at radius 3 is 2.11 bits per heavy atom. The van der Waals surface area contributed by atoms with Crippen LogP contribution in [0.25, 0.3) is 33.6 Å². The van der Waals surface area contributed by atoms with E-state index in [9.17, 15) is 0 Å². The standard InChI is InChI=1S/C33H32N2/c1-4-5-7-16-30-24-34-33(23-31(30)27-14-8-6-9-15-27)29-20-18-28(19-21-29)32-22-17-25(2)12-10-11-13-26(3)35-32/h4-6,8-15,17-24H,7,16H2,1-3H3/b5-4-,11-10?,12-10?,13-11?,22-17?,25-12?,25-17?,26-13?,32-22?,35-26?,35-32?. The third kappa shape index (κ3) is 6.51. The number of nitrogens with zero attached hydrogens (tertiary/aromatic N) is 2. The van der Waals surface area contributed by atoms with E-state index in [1.807, 2.05) is 31.3 Å². The maximum absolute atomic E-state index is 4.84. The Hall–Kier alpha value is -4.04. The Morgan fingerprint density at radius 1 is 0.686 bits per heavy atom. The average molecular weight is 457 g/mol. The molecule has 0 spiro atoms. The second-order valence-electron chi connectivity index (χ2n) is 8.71. The molecule has 4 aromatic rings. The van der Waals surface area contributed by atoms with E-state index in [4.69, 9.17) is 9.97 Å². The molecule has 0 aliphatic carbocycles. The molecule has 174 valence electrons. The van der Waals surface area contributed by atoms with E-state index in [2.05, 4.69) is 105 Å². The van der Waals surface area contributed by atoms with Gasteiger partial charge in [0.15, 0.2) is 0 Å². The van der Waals surface area contributed by atoms with Gasteiger partial charge in [-0.15, -0.1) is 0 Å². The molecule has 2 heteroatoms. The lowest BCUT2D eigenvalue weighted by atomic mass is 9.96. The van der Waals surface area contributed by atoms with Crippen LogP contribution < -0.4 is 0 Å². The highest BCUT2D eigenvalue weighted by Gasteiger charge is 2.09. The monoisotopic (exact) mass is 456 g/mol. The predicted octanol–water partition coefficient (Wildman–Crippen LogP) is 8.73. The molecule has 2 aromatic carbocycles. The zero-order valence-electron chi connectivity index (χ0n) is 20.8. The van der Waals surface area contributed by atoms with Crippen molar-refractivity contribution < 1.29 is 0 Å². The molecule has 2 nitrogen and oxygen atoms in total. The molecule has 0 saturated heterocycles. The fraction of sp³-hybridized carbons (Fsp3) is 0.152. The van der Waals surface area contributed by atoms with Crippen molar-refractivity contribution in [3.05, 3.63) is 132 Å². The van der Waals surface area contributed by atoms with Crippen molar-refractivity contribution in [2.24, 2.45) is 0 Å². The number of hydrogen-bond donors (Lipinski definition) is 0. The summed E-state index contributed by atoms with van der Waals surface area (Å²) in [6, 6.07) is 33.8. The highest BCUT2D eigenvalue weighted by Crippen LogP contribution is 2.30. The van der Waals surface area contributed by atoms with Crippen LogP contribution >= 0.6 is 0 Å². The lowest BCUT2D eigenvalue weighted by Crippen LogP contribution is -1.94. The van der Waals surface area contributed by atoms with Crippen LogP contribution in [0.5, 0.6) is 0 Å². The number of benzene rings is 2. The molecule has 35 heavy (non-hydrogen) atoms. The van der Waals surface area contributed by atoms with Crippen LogP contribution in [0.15, 0.2) is 115 Å². The normalized spacial score (nSPS) is 10.8. The number of rotatable bonds is 6. The summed E-state index contributed by atoms with van der Waals surface area (Å²) in [6.45, 7) is 6.19. The minimum Gasteiger partial charge on any atom is -0.256 e. The van der Waals surface area contributed by atoms with Gasteiger partial charge in [-0.2, -0.15) is 0 Å². The fourth-order valence-electron chi connectivity index (χ4n) is 4.04. The first-order chi connectivity index (χ1) is 17.1. The summed E-state index contributed by atoms with van der Waals surface area (Å²) in [6.07, 6.45) is 8.35. The topological polar surface area (TPSA) is 25.8 Å². The first-order valence-corrected chi connectivity index (χ1v) is 12.2. The van der Waals surface area contributed by atoms with Crippen LogP contribution in [0.2, 0.25) is 0 Å². The first kappa shape index (κ1) is 24.1. The summed E-state index contributed by atoms with van der Waals surface area (Å²) in [5, 5.41) is 0. The second-order valence-corrected chi connectivity index (χ2v) is 8.71. The fourth-order valence-corrected chi connectivity index (χ4v) is 4.04. The molecule has 0 saturated carbocycles. The van der Waals surface area contributed by atoms with E-state index in [0.717, 1.165) is 41.1 Å². The molecule has 0 fully saturated rings. The smallest absolute Gasteiger partial charge is 0.0708 e. The summed E-state index contributed by atoms with van der Waals surface area (Å²) in [7, 11) is 0. The van der Waals surface area contributed by atoms with Crippen LogP contribution in [0, 0.1) is 13.8 Å².